The molecule has 4 heterocycles. The Morgan fingerprint density at radius 3 is 2.70 bits per heavy atom. The average molecular weight is 424 g/mol. The molecule has 1 amide bonds. The number of hydrogen-bond donors (Lipinski definition) is 0. The predicted molar refractivity (Wildman–Crippen MR) is 109 cm³/mol. The lowest BCUT2D eigenvalue weighted by atomic mass is 10.1. The summed E-state index contributed by atoms with van der Waals surface area (Å²) in [5.41, 5.74) is 0.933. The van der Waals surface area contributed by atoms with Crippen LogP contribution in [0.2, 0.25) is 0 Å². The van der Waals surface area contributed by atoms with Crippen LogP contribution in [-0.4, -0.2) is 61.1 Å². The first-order valence-corrected chi connectivity index (χ1v) is 12.4. The molecule has 2 aromatic heterocycles. The van der Waals surface area contributed by atoms with Crippen LogP contribution in [0, 0.1) is 0 Å². The Bertz CT molecular complexity index is 936. The maximum atomic E-state index is 13.0. The molecule has 9 heteroatoms. The van der Waals surface area contributed by atoms with Crippen LogP contribution < -0.4 is 0 Å². The van der Waals surface area contributed by atoms with Gasteiger partial charge in [-0.15, -0.1) is 22.7 Å². The highest BCUT2D eigenvalue weighted by molar-refractivity contribution is 7.91. The van der Waals surface area contributed by atoms with Gasteiger partial charge in [0.05, 0.1) is 34.7 Å². The van der Waals surface area contributed by atoms with Crippen molar-refractivity contribution in [3.05, 3.63) is 44.8 Å². The molecule has 27 heavy (non-hydrogen) atoms. The maximum absolute atomic E-state index is 13.0. The van der Waals surface area contributed by atoms with E-state index in [0.717, 1.165) is 15.5 Å². The highest BCUT2D eigenvalue weighted by Gasteiger charge is 2.36. The summed E-state index contributed by atoms with van der Waals surface area (Å²) in [5.74, 6) is 0.250. The summed E-state index contributed by atoms with van der Waals surface area (Å²) in [6.45, 7) is 0.170. The van der Waals surface area contributed by atoms with Gasteiger partial charge in [-0.1, -0.05) is 12.1 Å². The van der Waals surface area contributed by atoms with Gasteiger partial charge in [0.25, 0.3) is 5.91 Å². The Morgan fingerprint density at radius 1 is 1.30 bits per heavy atom. The first-order chi connectivity index (χ1) is 12.9. The molecule has 2 aromatic rings. The molecule has 1 fully saturated rings. The van der Waals surface area contributed by atoms with Gasteiger partial charge in [0.1, 0.15) is 0 Å². The number of sulfone groups is 1. The van der Waals surface area contributed by atoms with Crippen LogP contribution in [-0.2, 0) is 14.6 Å². The molecular weight excluding hydrogens is 402 g/mol. The zero-order chi connectivity index (χ0) is 19.0. The predicted octanol–water partition coefficient (Wildman–Crippen LogP) is 2.61. The van der Waals surface area contributed by atoms with E-state index in [0.29, 0.717) is 12.8 Å². The number of hydrazone groups is 1. The second kappa shape index (κ2) is 7.46. The molecule has 6 nitrogen and oxygen atoms in total. The molecule has 1 saturated heterocycles. The Morgan fingerprint density at radius 2 is 2.07 bits per heavy atom. The highest BCUT2D eigenvalue weighted by Crippen LogP contribution is 2.36. The van der Waals surface area contributed by atoms with Crippen molar-refractivity contribution in [2.45, 2.75) is 24.9 Å². The SMILES string of the molecule is CN(CC(=O)N1N=C(c2cccs2)CC1c1cccs1)C1CCS(=O)(=O)C1. The van der Waals surface area contributed by atoms with Gasteiger partial charge in [-0.2, -0.15) is 5.10 Å². The lowest BCUT2D eigenvalue weighted by Gasteiger charge is -2.26. The number of likely N-dealkylation sites (N-methyl/N-ethyl adjacent to an activating group) is 1. The van der Waals surface area contributed by atoms with Gasteiger partial charge < -0.3 is 0 Å². The summed E-state index contributed by atoms with van der Waals surface area (Å²) < 4.78 is 23.5. The van der Waals surface area contributed by atoms with Crippen molar-refractivity contribution in [2.24, 2.45) is 5.10 Å². The minimum Gasteiger partial charge on any atom is -0.293 e. The zero-order valence-electron chi connectivity index (χ0n) is 14.9. The fraction of sp³-hybridized carbons (Fsp3) is 0.444. The first-order valence-electron chi connectivity index (χ1n) is 8.80. The molecule has 4 rings (SSSR count). The van der Waals surface area contributed by atoms with Crippen LogP contribution in [0.25, 0.3) is 0 Å². The molecule has 0 saturated carbocycles. The van der Waals surface area contributed by atoms with Crippen LogP contribution in [0.15, 0.2) is 40.1 Å². The van der Waals surface area contributed by atoms with Gasteiger partial charge in [0.15, 0.2) is 9.84 Å². The molecule has 144 valence electrons. The minimum absolute atomic E-state index is 0.0877. The van der Waals surface area contributed by atoms with Crippen LogP contribution >= 0.6 is 22.7 Å². The number of nitrogens with zero attached hydrogens (tertiary/aromatic N) is 3. The standard InChI is InChI=1S/C18H21N3O3S3/c1-20(13-6-9-27(23,24)12-13)11-18(22)21-15(17-5-3-8-26-17)10-14(19-21)16-4-2-7-25-16/h2-5,7-8,13,15H,6,9-12H2,1H3. The van der Waals surface area contributed by atoms with Gasteiger partial charge in [0.2, 0.25) is 0 Å². The summed E-state index contributed by atoms with van der Waals surface area (Å²) >= 11 is 3.25. The van der Waals surface area contributed by atoms with E-state index in [1.807, 2.05) is 47.0 Å². The zero-order valence-corrected chi connectivity index (χ0v) is 17.4. The summed E-state index contributed by atoms with van der Waals surface area (Å²) in [4.78, 5) is 17.1. The molecule has 0 aromatic carbocycles. The number of hydrogen-bond acceptors (Lipinski definition) is 7. The maximum Gasteiger partial charge on any atom is 0.257 e. The topological polar surface area (TPSA) is 70.1 Å². The largest absolute Gasteiger partial charge is 0.293 e. The molecule has 0 bridgehead atoms. The van der Waals surface area contributed by atoms with E-state index in [2.05, 4.69) is 5.10 Å². The second-order valence-corrected chi connectivity index (χ2v) is 11.1. The molecule has 2 atom stereocenters. The van der Waals surface area contributed by atoms with Crippen molar-refractivity contribution in [3.8, 4) is 0 Å². The van der Waals surface area contributed by atoms with Gasteiger partial charge in [0, 0.05) is 17.3 Å². The Balaban J connectivity index is 1.52. The molecular formula is C18H21N3O3S3. The number of carbonyl (C=O) groups is 1. The second-order valence-electron chi connectivity index (χ2n) is 6.97. The van der Waals surface area contributed by atoms with E-state index >= 15 is 0 Å². The third-order valence-corrected chi connectivity index (χ3v) is 8.70. The number of rotatable bonds is 5. The van der Waals surface area contributed by atoms with E-state index in [9.17, 15) is 13.2 Å². The van der Waals surface area contributed by atoms with Crippen LogP contribution in [0.1, 0.15) is 28.6 Å². The van der Waals surface area contributed by atoms with Gasteiger partial charge in [-0.05, 0) is 36.4 Å². The van der Waals surface area contributed by atoms with E-state index in [-0.39, 0.29) is 36.0 Å². The molecule has 0 radical (unpaired) electrons. The van der Waals surface area contributed by atoms with E-state index in [1.54, 1.807) is 27.7 Å². The smallest absolute Gasteiger partial charge is 0.257 e. The van der Waals surface area contributed by atoms with Crippen LogP contribution in [0.5, 0.6) is 0 Å². The lowest BCUT2D eigenvalue weighted by molar-refractivity contribution is -0.134. The first kappa shape index (κ1) is 18.8. The van der Waals surface area contributed by atoms with E-state index < -0.39 is 9.84 Å². The molecule has 0 N–H and O–H groups in total. The van der Waals surface area contributed by atoms with Gasteiger partial charge in [-0.3, -0.25) is 9.69 Å². The number of amides is 1. The number of carbonyl (C=O) groups excluding carboxylic acids is 1. The molecule has 0 spiro atoms. The van der Waals surface area contributed by atoms with Crippen LogP contribution in [0.4, 0.5) is 0 Å². The molecule has 0 aliphatic carbocycles. The highest BCUT2D eigenvalue weighted by atomic mass is 32.2. The van der Waals surface area contributed by atoms with E-state index in [1.165, 1.54) is 0 Å². The quantitative estimate of drug-likeness (QED) is 0.741. The monoisotopic (exact) mass is 423 g/mol. The van der Waals surface area contributed by atoms with Crippen molar-refractivity contribution in [1.29, 1.82) is 0 Å². The van der Waals surface area contributed by atoms with Crippen molar-refractivity contribution >= 4 is 44.1 Å². The third-order valence-electron chi connectivity index (χ3n) is 5.06. The summed E-state index contributed by atoms with van der Waals surface area (Å²) in [6, 6.07) is 7.86. The minimum atomic E-state index is -2.97. The Kier molecular flexibility index (Phi) is 5.19. The normalized spacial score (nSPS) is 24.5. The molecule has 2 aliphatic heterocycles. The lowest BCUT2D eigenvalue weighted by Crippen LogP contribution is -2.41. The average Bonchev–Trinajstić information content (AvgIpc) is 3.39. The molecule has 2 aliphatic rings. The summed E-state index contributed by atoms with van der Waals surface area (Å²) in [6.07, 6.45) is 1.29. The fourth-order valence-electron chi connectivity index (χ4n) is 3.57. The van der Waals surface area contributed by atoms with Gasteiger partial charge >= 0.3 is 0 Å². The Hall–Kier alpha value is -1.55. The van der Waals surface area contributed by atoms with E-state index in [4.69, 9.17) is 0 Å². The Labute approximate surface area is 167 Å². The third kappa shape index (κ3) is 4.01. The van der Waals surface area contributed by atoms with Gasteiger partial charge in [-0.25, -0.2) is 13.4 Å². The number of thiophene rings is 2. The van der Waals surface area contributed by atoms with Crippen molar-refractivity contribution in [3.63, 3.8) is 0 Å². The van der Waals surface area contributed by atoms with Crippen LogP contribution in [0.3, 0.4) is 0 Å². The van der Waals surface area contributed by atoms with Crippen molar-refractivity contribution < 1.29 is 13.2 Å². The fourth-order valence-corrected chi connectivity index (χ4v) is 6.91. The molecule has 2 unspecified atom stereocenters. The summed E-state index contributed by atoms with van der Waals surface area (Å²) in [5, 5.41) is 10.3. The van der Waals surface area contributed by atoms with Crippen molar-refractivity contribution in [1.82, 2.24) is 9.91 Å². The van der Waals surface area contributed by atoms with Crippen molar-refractivity contribution in [2.75, 3.05) is 25.1 Å². The summed E-state index contributed by atoms with van der Waals surface area (Å²) in [7, 11) is -1.15.